The van der Waals surface area contributed by atoms with Crippen LogP contribution in [-0.4, -0.2) is 36.3 Å². The standard InChI is InChI=1S/C18H27N5O2/c1-4-14(5-2)17-11-16(25-23-17)13-22-18(19-3)21-9-10-24-15-7-6-8-20-12-15/h6-8,11-12,14H,4-5,9-10,13H2,1-3H3,(H2,19,21,22). The lowest BCUT2D eigenvalue weighted by Crippen LogP contribution is -2.38. The van der Waals surface area contributed by atoms with E-state index in [2.05, 4.69) is 39.6 Å². The van der Waals surface area contributed by atoms with Gasteiger partial charge in [0.1, 0.15) is 12.4 Å². The monoisotopic (exact) mass is 345 g/mol. The van der Waals surface area contributed by atoms with Crippen LogP contribution in [0.4, 0.5) is 0 Å². The first-order valence-electron chi connectivity index (χ1n) is 8.69. The van der Waals surface area contributed by atoms with Gasteiger partial charge in [0.2, 0.25) is 0 Å². The number of aromatic nitrogens is 2. The maximum atomic E-state index is 5.58. The maximum absolute atomic E-state index is 5.58. The average Bonchev–Trinajstić information content (AvgIpc) is 3.12. The molecule has 0 aliphatic rings. The molecule has 0 aliphatic carbocycles. The molecule has 2 rings (SSSR count). The van der Waals surface area contributed by atoms with Crippen LogP contribution in [0.1, 0.15) is 44.1 Å². The van der Waals surface area contributed by atoms with Crippen LogP contribution in [0, 0.1) is 0 Å². The smallest absolute Gasteiger partial charge is 0.191 e. The van der Waals surface area contributed by atoms with Gasteiger partial charge in [-0.25, -0.2) is 0 Å². The number of nitrogens with one attached hydrogen (secondary N) is 2. The van der Waals surface area contributed by atoms with E-state index < -0.39 is 0 Å². The highest BCUT2D eigenvalue weighted by atomic mass is 16.5. The number of hydrogen-bond acceptors (Lipinski definition) is 5. The molecule has 0 fully saturated rings. The van der Waals surface area contributed by atoms with Crippen LogP contribution in [0.5, 0.6) is 5.75 Å². The second kappa shape index (κ2) is 10.3. The molecule has 2 N–H and O–H groups in total. The third kappa shape index (κ3) is 6.10. The Balaban J connectivity index is 1.71. The highest BCUT2D eigenvalue weighted by Gasteiger charge is 2.13. The fraction of sp³-hybridized carbons (Fsp3) is 0.500. The first kappa shape index (κ1) is 18.8. The van der Waals surface area contributed by atoms with E-state index in [1.165, 1.54) is 0 Å². The Morgan fingerprint density at radius 3 is 2.84 bits per heavy atom. The van der Waals surface area contributed by atoms with Crippen molar-refractivity contribution in [1.29, 1.82) is 0 Å². The van der Waals surface area contributed by atoms with Crippen LogP contribution < -0.4 is 15.4 Å². The van der Waals surface area contributed by atoms with Gasteiger partial charge in [-0.2, -0.15) is 0 Å². The molecular weight excluding hydrogens is 318 g/mol. The molecule has 0 saturated heterocycles. The third-order valence-corrected chi connectivity index (χ3v) is 3.93. The predicted molar refractivity (Wildman–Crippen MR) is 97.8 cm³/mol. The number of nitrogens with zero attached hydrogens (tertiary/aromatic N) is 3. The van der Waals surface area contributed by atoms with Gasteiger partial charge >= 0.3 is 0 Å². The van der Waals surface area contributed by atoms with E-state index in [9.17, 15) is 0 Å². The van der Waals surface area contributed by atoms with Gasteiger partial charge < -0.3 is 19.9 Å². The molecule has 0 radical (unpaired) electrons. The minimum Gasteiger partial charge on any atom is -0.490 e. The van der Waals surface area contributed by atoms with Crippen molar-refractivity contribution in [3.8, 4) is 5.75 Å². The summed E-state index contributed by atoms with van der Waals surface area (Å²) in [6.07, 6.45) is 5.54. The summed E-state index contributed by atoms with van der Waals surface area (Å²) in [6.45, 7) is 6.02. The van der Waals surface area contributed by atoms with E-state index in [4.69, 9.17) is 9.26 Å². The van der Waals surface area contributed by atoms with Gasteiger partial charge in [0.05, 0.1) is 25.0 Å². The summed E-state index contributed by atoms with van der Waals surface area (Å²) in [5.74, 6) is 2.70. The van der Waals surface area contributed by atoms with Crippen LogP contribution in [0.15, 0.2) is 40.1 Å². The van der Waals surface area contributed by atoms with Crippen molar-refractivity contribution in [3.63, 3.8) is 0 Å². The molecule has 136 valence electrons. The molecule has 0 bridgehead atoms. The predicted octanol–water partition coefficient (Wildman–Crippen LogP) is 2.72. The lowest BCUT2D eigenvalue weighted by Gasteiger charge is -2.11. The zero-order valence-electron chi connectivity index (χ0n) is 15.2. The molecule has 2 heterocycles. The number of aliphatic imine (C=N–C) groups is 1. The van der Waals surface area contributed by atoms with Crippen LogP contribution in [0.3, 0.4) is 0 Å². The minimum atomic E-state index is 0.458. The van der Waals surface area contributed by atoms with Crippen molar-refractivity contribution < 1.29 is 9.26 Å². The molecule has 0 amide bonds. The second-order valence-electron chi connectivity index (χ2n) is 5.62. The summed E-state index contributed by atoms with van der Waals surface area (Å²) in [4.78, 5) is 8.19. The summed E-state index contributed by atoms with van der Waals surface area (Å²) in [7, 11) is 1.73. The van der Waals surface area contributed by atoms with Gasteiger partial charge in [-0.3, -0.25) is 9.98 Å². The molecule has 2 aromatic heterocycles. The van der Waals surface area contributed by atoms with Crippen LogP contribution in [0.25, 0.3) is 0 Å². The van der Waals surface area contributed by atoms with Gasteiger partial charge in [-0.15, -0.1) is 0 Å². The van der Waals surface area contributed by atoms with E-state index in [0.29, 0.717) is 31.6 Å². The Labute approximate surface area is 148 Å². The lowest BCUT2D eigenvalue weighted by atomic mass is 9.99. The van der Waals surface area contributed by atoms with Crippen molar-refractivity contribution in [3.05, 3.63) is 42.0 Å². The largest absolute Gasteiger partial charge is 0.490 e. The fourth-order valence-corrected chi connectivity index (χ4v) is 2.47. The van der Waals surface area contributed by atoms with E-state index >= 15 is 0 Å². The number of pyridine rings is 1. The SMILES string of the molecule is CCC(CC)c1cc(CNC(=NC)NCCOc2cccnc2)on1. The highest BCUT2D eigenvalue weighted by Crippen LogP contribution is 2.22. The van der Waals surface area contributed by atoms with E-state index in [1.807, 2.05) is 18.2 Å². The molecule has 2 aromatic rings. The summed E-state index contributed by atoms with van der Waals surface area (Å²) in [6, 6.07) is 5.74. The normalized spacial score (nSPS) is 11.6. The number of guanidine groups is 1. The Hall–Kier alpha value is -2.57. The first-order valence-corrected chi connectivity index (χ1v) is 8.69. The Kier molecular flexibility index (Phi) is 7.75. The highest BCUT2D eigenvalue weighted by molar-refractivity contribution is 5.79. The summed E-state index contributed by atoms with van der Waals surface area (Å²) in [5.41, 5.74) is 1.02. The third-order valence-electron chi connectivity index (χ3n) is 3.93. The van der Waals surface area contributed by atoms with Crippen molar-refractivity contribution in [2.75, 3.05) is 20.2 Å². The number of ether oxygens (including phenoxy) is 1. The fourth-order valence-electron chi connectivity index (χ4n) is 2.47. The van der Waals surface area contributed by atoms with Crippen molar-refractivity contribution >= 4 is 5.96 Å². The molecule has 0 unspecified atom stereocenters. The molecular formula is C18H27N5O2. The van der Waals surface area contributed by atoms with Crippen molar-refractivity contribution in [2.24, 2.45) is 4.99 Å². The molecule has 0 saturated carbocycles. The van der Waals surface area contributed by atoms with E-state index in [-0.39, 0.29) is 0 Å². The molecule has 25 heavy (non-hydrogen) atoms. The molecule has 7 heteroatoms. The number of rotatable bonds is 9. The van der Waals surface area contributed by atoms with E-state index in [0.717, 1.165) is 30.0 Å². The van der Waals surface area contributed by atoms with Gasteiger partial charge in [-0.05, 0) is 25.0 Å². The van der Waals surface area contributed by atoms with Gasteiger partial charge in [0.25, 0.3) is 0 Å². The van der Waals surface area contributed by atoms with E-state index in [1.54, 1.807) is 19.4 Å². The summed E-state index contributed by atoms with van der Waals surface area (Å²) in [5, 5.41) is 10.6. The second-order valence-corrected chi connectivity index (χ2v) is 5.62. The van der Waals surface area contributed by atoms with Crippen LogP contribution >= 0.6 is 0 Å². The minimum absolute atomic E-state index is 0.458. The molecule has 7 nitrogen and oxygen atoms in total. The maximum Gasteiger partial charge on any atom is 0.191 e. The van der Waals surface area contributed by atoms with Crippen molar-refractivity contribution in [2.45, 2.75) is 39.2 Å². The van der Waals surface area contributed by atoms with Gasteiger partial charge in [-0.1, -0.05) is 19.0 Å². The lowest BCUT2D eigenvalue weighted by molar-refractivity contribution is 0.320. The first-order chi connectivity index (χ1) is 12.3. The van der Waals surface area contributed by atoms with Crippen LogP contribution in [0.2, 0.25) is 0 Å². The molecule has 0 atom stereocenters. The Bertz CT molecular complexity index is 638. The average molecular weight is 345 g/mol. The summed E-state index contributed by atoms with van der Waals surface area (Å²) < 4.78 is 11.0. The quantitative estimate of drug-likeness (QED) is 0.413. The molecule has 0 aliphatic heterocycles. The summed E-state index contributed by atoms with van der Waals surface area (Å²) >= 11 is 0. The number of hydrogen-bond donors (Lipinski definition) is 2. The molecule has 0 aromatic carbocycles. The Morgan fingerprint density at radius 2 is 2.16 bits per heavy atom. The topological polar surface area (TPSA) is 84.6 Å². The zero-order chi connectivity index (χ0) is 17.9. The van der Waals surface area contributed by atoms with Gasteiger partial charge in [0, 0.05) is 25.2 Å². The Morgan fingerprint density at radius 1 is 1.32 bits per heavy atom. The van der Waals surface area contributed by atoms with Gasteiger partial charge in [0.15, 0.2) is 11.7 Å². The van der Waals surface area contributed by atoms with Crippen LogP contribution in [-0.2, 0) is 6.54 Å². The zero-order valence-corrected chi connectivity index (χ0v) is 15.2. The molecule has 0 spiro atoms. The van der Waals surface area contributed by atoms with Crippen molar-refractivity contribution in [1.82, 2.24) is 20.8 Å².